The molecule has 0 aliphatic carbocycles. The van der Waals surface area contributed by atoms with E-state index in [0.29, 0.717) is 25.2 Å². The second-order valence-electron chi connectivity index (χ2n) is 6.77. The molecular weight excluding hydrogens is 320 g/mol. The molecule has 0 radical (unpaired) electrons. The molecule has 0 bridgehead atoms. The maximum atomic E-state index is 12.8. The van der Waals surface area contributed by atoms with Crippen LogP contribution in [0.3, 0.4) is 0 Å². The summed E-state index contributed by atoms with van der Waals surface area (Å²) in [6.45, 7) is 4.64. The van der Waals surface area contributed by atoms with Gasteiger partial charge in [0, 0.05) is 43.9 Å². The maximum absolute atomic E-state index is 12.8. The van der Waals surface area contributed by atoms with E-state index in [4.69, 9.17) is 4.52 Å². The van der Waals surface area contributed by atoms with Crippen molar-refractivity contribution >= 4 is 11.6 Å². The van der Waals surface area contributed by atoms with E-state index in [0.717, 1.165) is 22.7 Å². The summed E-state index contributed by atoms with van der Waals surface area (Å²) in [7, 11) is 0. The third kappa shape index (κ3) is 3.02. The Balaban J connectivity index is 1.50. The molecule has 3 aromatic rings. The average molecular weight is 340 g/mol. The normalized spacial score (nSPS) is 20.5. The van der Waals surface area contributed by atoms with E-state index >= 15 is 0 Å². The van der Waals surface area contributed by atoms with Gasteiger partial charge in [-0.1, -0.05) is 5.16 Å². The molecule has 1 aliphatic heterocycles. The van der Waals surface area contributed by atoms with Crippen molar-refractivity contribution in [2.24, 2.45) is 5.92 Å². The molecule has 7 heteroatoms. The summed E-state index contributed by atoms with van der Waals surface area (Å²) in [6.07, 6.45) is 3.61. The highest BCUT2D eigenvalue weighted by molar-refractivity contribution is 5.93. The van der Waals surface area contributed by atoms with E-state index in [9.17, 15) is 9.90 Å². The number of β-amino-alcohol motifs (C(OH)–C–C–N with tert-alkyl or cyclic N) is 1. The lowest BCUT2D eigenvalue weighted by Gasteiger charge is -2.14. The minimum Gasteiger partial charge on any atom is -0.391 e. The van der Waals surface area contributed by atoms with Gasteiger partial charge < -0.3 is 18.9 Å². The smallest absolute Gasteiger partial charge is 0.274 e. The number of aliphatic hydroxyl groups excluding tert-OH is 1. The lowest BCUT2D eigenvalue weighted by atomic mass is 10.0. The van der Waals surface area contributed by atoms with Gasteiger partial charge in [0.2, 0.25) is 0 Å². The molecule has 0 spiro atoms. The van der Waals surface area contributed by atoms with Crippen molar-refractivity contribution < 1.29 is 14.4 Å². The first-order chi connectivity index (χ1) is 12.0. The van der Waals surface area contributed by atoms with Crippen LogP contribution in [0.2, 0.25) is 0 Å². The van der Waals surface area contributed by atoms with Gasteiger partial charge >= 0.3 is 0 Å². The van der Waals surface area contributed by atoms with Crippen LogP contribution in [0, 0.1) is 19.8 Å². The first-order valence-electron chi connectivity index (χ1n) is 8.34. The lowest BCUT2D eigenvalue weighted by molar-refractivity contribution is 0.0759. The Hall–Kier alpha value is -2.67. The number of aryl methyl sites for hydroxylation is 2. The fraction of sp³-hybridized carbons (Fsp3) is 0.389. The first-order valence-corrected chi connectivity index (χ1v) is 8.34. The topological polar surface area (TPSA) is 83.9 Å². The third-order valence-electron chi connectivity index (χ3n) is 4.67. The Labute approximate surface area is 144 Å². The van der Waals surface area contributed by atoms with E-state index in [1.54, 1.807) is 11.1 Å². The summed E-state index contributed by atoms with van der Waals surface area (Å²) in [4.78, 5) is 18.8. The van der Waals surface area contributed by atoms with Gasteiger partial charge in [0.1, 0.15) is 17.1 Å². The van der Waals surface area contributed by atoms with Gasteiger partial charge in [-0.25, -0.2) is 4.98 Å². The van der Waals surface area contributed by atoms with Crippen molar-refractivity contribution in [3.05, 3.63) is 53.3 Å². The number of aromatic nitrogens is 3. The summed E-state index contributed by atoms with van der Waals surface area (Å²) in [5.41, 5.74) is 3.05. The number of rotatable bonds is 3. The van der Waals surface area contributed by atoms with E-state index in [1.165, 1.54) is 0 Å². The second kappa shape index (κ2) is 6.00. The zero-order chi connectivity index (χ0) is 17.6. The van der Waals surface area contributed by atoms with Gasteiger partial charge in [-0.15, -0.1) is 0 Å². The van der Waals surface area contributed by atoms with Gasteiger partial charge in [-0.3, -0.25) is 4.79 Å². The number of hydrogen-bond donors (Lipinski definition) is 1. The Bertz CT molecular complexity index is 929. The number of pyridine rings is 1. The Morgan fingerprint density at radius 1 is 1.36 bits per heavy atom. The van der Waals surface area contributed by atoms with Crippen molar-refractivity contribution in [2.75, 3.05) is 13.1 Å². The van der Waals surface area contributed by atoms with E-state index in [-0.39, 0.29) is 11.8 Å². The van der Waals surface area contributed by atoms with Crippen LogP contribution < -0.4 is 0 Å². The molecule has 1 amide bonds. The summed E-state index contributed by atoms with van der Waals surface area (Å²) in [5.74, 6) is 0.520. The predicted molar refractivity (Wildman–Crippen MR) is 90.3 cm³/mol. The molecule has 2 atom stereocenters. The van der Waals surface area contributed by atoms with Crippen LogP contribution in [0.4, 0.5) is 0 Å². The molecule has 4 heterocycles. The molecule has 130 valence electrons. The summed E-state index contributed by atoms with van der Waals surface area (Å²) < 4.78 is 7.06. The molecule has 0 unspecified atom stereocenters. The standard InChI is InChI=1S/C18H20N4O3/c1-11-3-4-21-9-15(19-17(21)5-11)18(24)22-8-13(16(23)10-22)7-14-6-12(2)20-25-14/h3-6,9,13,16,23H,7-8,10H2,1-2H3/t13-,16-/m1/s1. The fourth-order valence-corrected chi connectivity index (χ4v) is 3.34. The highest BCUT2D eigenvalue weighted by atomic mass is 16.5. The SMILES string of the molecule is Cc1ccn2cc(C(=O)N3C[C@@H](Cc4cc(C)no4)[C@H](O)C3)nc2c1. The number of likely N-dealkylation sites (tertiary alicyclic amines) is 1. The van der Waals surface area contributed by atoms with Gasteiger partial charge in [-0.2, -0.15) is 0 Å². The molecule has 1 saturated heterocycles. The van der Waals surface area contributed by atoms with Crippen LogP contribution in [-0.2, 0) is 6.42 Å². The number of hydrogen-bond acceptors (Lipinski definition) is 5. The highest BCUT2D eigenvalue weighted by Crippen LogP contribution is 2.23. The summed E-state index contributed by atoms with van der Waals surface area (Å²) in [5, 5.41) is 14.2. The van der Waals surface area contributed by atoms with Crippen molar-refractivity contribution in [2.45, 2.75) is 26.4 Å². The Kier molecular flexibility index (Phi) is 3.80. The van der Waals surface area contributed by atoms with Crippen LogP contribution in [-0.4, -0.2) is 49.6 Å². The van der Waals surface area contributed by atoms with E-state index in [2.05, 4.69) is 10.1 Å². The molecule has 1 N–H and O–H groups in total. The molecule has 3 aromatic heterocycles. The van der Waals surface area contributed by atoms with Gasteiger partial charge in [0.05, 0.1) is 11.8 Å². The largest absolute Gasteiger partial charge is 0.391 e. The molecule has 4 rings (SSSR count). The van der Waals surface area contributed by atoms with Gasteiger partial charge in [-0.05, 0) is 31.5 Å². The summed E-state index contributed by atoms with van der Waals surface area (Å²) >= 11 is 0. The van der Waals surface area contributed by atoms with Crippen LogP contribution >= 0.6 is 0 Å². The quantitative estimate of drug-likeness (QED) is 0.783. The Morgan fingerprint density at radius 2 is 2.20 bits per heavy atom. The molecule has 7 nitrogen and oxygen atoms in total. The van der Waals surface area contributed by atoms with Crippen molar-refractivity contribution in [3.8, 4) is 0 Å². The number of imidazole rings is 1. The molecule has 0 aromatic carbocycles. The Morgan fingerprint density at radius 3 is 2.96 bits per heavy atom. The zero-order valence-corrected chi connectivity index (χ0v) is 14.2. The molecule has 25 heavy (non-hydrogen) atoms. The van der Waals surface area contributed by atoms with Crippen LogP contribution in [0.5, 0.6) is 0 Å². The van der Waals surface area contributed by atoms with Crippen molar-refractivity contribution in [1.82, 2.24) is 19.4 Å². The van der Waals surface area contributed by atoms with Crippen LogP contribution in [0.25, 0.3) is 5.65 Å². The van der Waals surface area contributed by atoms with Crippen LogP contribution in [0.1, 0.15) is 27.5 Å². The van der Waals surface area contributed by atoms with Gasteiger partial charge in [0.15, 0.2) is 0 Å². The van der Waals surface area contributed by atoms with E-state index < -0.39 is 6.10 Å². The average Bonchev–Trinajstić information content (AvgIpc) is 3.26. The molecule has 1 fully saturated rings. The first kappa shape index (κ1) is 15.8. The fourth-order valence-electron chi connectivity index (χ4n) is 3.34. The number of amides is 1. The molecular formula is C18H20N4O3. The number of nitrogens with zero attached hydrogens (tertiary/aromatic N) is 4. The van der Waals surface area contributed by atoms with Gasteiger partial charge in [0.25, 0.3) is 5.91 Å². The third-order valence-corrected chi connectivity index (χ3v) is 4.67. The van der Waals surface area contributed by atoms with E-state index in [1.807, 2.05) is 42.6 Å². The number of aliphatic hydroxyl groups is 1. The highest BCUT2D eigenvalue weighted by Gasteiger charge is 2.35. The summed E-state index contributed by atoms with van der Waals surface area (Å²) in [6, 6.07) is 5.77. The maximum Gasteiger partial charge on any atom is 0.274 e. The number of carbonyl (C=O) groups excluding carboxylic acids is 1. The molecule has 0 saturated carbocycles. The minimum absolute atomic E-state index is 0.0597. The predicted octanol–water partition coefficient (Wildman–Crippen LogP) is 1.61. The second-order valence-corrected chi connectivity index (χ2v) is 6.77. The number of carbonyl (C=O) groups is 1. The van der Waals surface area contributed by atoms with Crippen LogP contribution in [0.15, 0.2) is 35.1 Å². The number of fused-ring (bicyclic) bond motifs is 1. The van der Waals surface area contributed by atoms with Crippen molar-refractivity contribution in [3.63, 3.8) is 0 Å². The zero-order valence-electron chi connectivity index (χ0n) is 14.2. The molecule has 1 aliphatic rings. The van der Waals surface area contributed by atoms with Crippen molar-refractivity contribution in [1.29, 1.82) is 0 Å². The monoisotopic (exact) mass is 340 g/mol. The lowest BCUT2D eigenvalue weighted by Crippen LogP contribution is -2.29. The minimum atomic E-state index is -0.575.